The van der Waals surface area contributed by atoms with Crippen LogP contribution >= 0.6 is 0 Å². The van der Waals surface area contributed by atoms with E-state index in [1.807, 2.05) is 25.1 Å². The first-order valence-corrected chi connectivity index (χ1v) is 11.0. The third kappa shape index (κ3) is 7.14. The lowest BCUT2D eigenvalue weighted by atomic mass is 9.76. The van der Waals surface area contributed by atoms with Gasteiger partial charge in [-0.15, -0.1) is 0 Å². The van der Waals surface area contributed by atoms with Crippen LogP contribution in [0.4, 0.5) is 0 Å². The van der Waals surface area contributed by atoms with Gasteiger partial charge in [-0.1, -0.05) is 45.9 Å². The van der Waals surface area contributed by atoms with Crippen molar-refractivity contribution < 1.29 is 19.1 Å². The van der Waals surface area contributed by atoms with E-state index in [9.17, 15) is 14.4 Å². The van der Waals surface area contributed by atoms with Crippen LogP contribution in [0.1, 0.15) is 50.9 Å². The lowest BCUT2D eigenvalue weighted by molar-refractivity contribution is -0.128. The molecule has 1 fully saturated rings. The van der Waals surface area contributed by atoms with Gasteiger partial charge in [0, 0.05) is 12.1 Å². The van der Waals surface area contributed by atoms with Gasteiger partial charge in [-0.2, -0.15) is 0 Å². The number of hydrogen-bond donors (Lipinski definition) is 2. The first-order chi connectivity index (χ1) is 14.5. The molecule has 1 aromatic carbocycles. The molecule has 31 heavy (non-hydrogen) atoms. The quantitative estimate of drug-likeness (QED) is 0.593. The van der Waals surface area contributed by atoms with Gasteiger partial charge in [0.15, 0.2) is 5.78 Å². The normalized spacial score (nSPS) is 20.2. The zero-order valence-corrected chi connectivity index (χ0v) is 19.6. The molecule has 1 saturated heterocycles. The van der Waals surface area contributed by atoms with Crippen LogP contribution in [0, 0.1) is 11.3 Å². The Morgan fingerprint density at radius 2 is 1.84 bits per heavy atom. The van der Waals surface area contributed by atoms with Crippen molar-refractivity contribution >= 4 is 17.6 Å². The summed E-state index contributed by atoms with van der Waals surface area (Å²) in [5.41, 5.74) is 0.304. The first-order valence-electron chi connectivity index (χ1n) is 11.0. The van der Waals surface area contributed by atoms with Gasteiger partial charge < -0.3 is 20.3 Å². The highest BCUT2D eigenvalue weighted by atomic mass is 16.5. The van der Waals surface area contributed by atoms with Gasteiger partial charge in [0.25, 0.3) is 5.91 Å². The van der Waals surface area contributed by atoms with Crippen LogP contribution < -0.4 is 10.6 Å². The Bertz CT molecular complexity index is 761. The van der Waals surface area contributed by atoms with Crippen LogP contribution in [0.2, 0.25) is 0 Å². The molecule has 2 rings (SSSR count). The molecular weight excluding hydrogens is 394 g/mol. The van der Waals surface area contributed by atoms with Crippen molar-refractivity contribution in [3.05, 3.63) is 35.9 Å². The van der Waals surface area contributed by atoms with Crippen molar-refractivity contribution in [3.8, 4) is 0 Å². The second kappa shape index (κ2) is 10.9. The molecule has 2 amide bonds. The highest BCUT2D eigenvalue weighted by Crippen LogP contribution is 2.31. The summed E-state index contributed by atoms with van der Waals surface area (Å²) < 4.78 is 5.62. The van der Waals surface area contributed by atoms with Crippen LogP contribution in [0.5, 0.6) is 0 Å². The Kier molecular flexibility index (Phi) is 8.77. The highest BCUT2D eigenvalue weighted by Gasteiger charge is 2.39. The zero-order valence-electron chi connectivity index (χ0n) is 19.6. The topological polar surface area (TPSA) is 87.7 Å². The SMILES string of the molecule is CC(C)C(C)(C)CC(NC(=O)c1ccccc1)C(=O)NC1C(=O)COC1CCN(C)C. The number of carbonyl (C=O) groups is 3. The maximum absolute atomic E-state index is 13.3. The second-order valence-electron chi connectivity index (χ2n) is 9.63. The van der Waals surface area contributed by atoms with Crippen LogP contribution in [0.25, 0.3) is 0 Å². The minimum absolute atomic E-state index is 0.00156. The average Bonchev–Trinajstić information content (AvgIpc) is 3.05. The molecule has 0 bridgehead atoms. The van der Waals surface area contributed by atoms with E-state index in [-0.39, 0.29) is 35.7 Å². The summed E-state index contributed by atoms with van der Waals surface area (Å²) in [6.07, 6.45) is 0.740. The van der Waals surface area contributed by atoms with Gasteiger partial charge in [0.05, 0.1) is 6.10 Å². The number of benzene rings is 1. The minimum atomic E-state index is -0.756. The van der Waals surface area contributed by atoms with Gasteiger partial charge in [0.2, 0.25) is 5.91 Å². The molecule has 3 atom stereocenters. The fourth-order valence-electron chi connectivity index (χ4n) is 3.45. The lowest BCUT2D eigenvalue weighted by Crippen LogP contribution is -2.54. The Hall–Kier alpha value is -2.25. The van der Waals surface area contributed by atoms with E-state index in [1.54, 1.807) is 24.3 Å². The molecule has 0 saturated carbocycles. The summed E-state index contributed by atoms with van der Waals surface area (Å²) in [6, 6.07) is 7.38. The average molecular weight is 432 g/mol. The summed E-state index contributed by atoms with van der Waals surface area (Å²) in [5, 5.41) is 5.76. The third-order valence-electron chi connectivity index (χ3n) is 6.27. The standard InChI is InChI=1S/C24H37N3O4/c1-16(2)24(3,4)14-18(25-22(29)17-10-8-7-9-11-17)23(30)26-21-19(28)15-31-20(21)12-13-27(5)6/h7-11,16,18,20-21H,12-15H2,1-6H3,(H,25,29)(H,26,30). The number of ketones is 1. The predicted molar refractivity (Wildman–Crippen MR) is 121 cm³/mol. The number of rotatable bonds is 10. The van der Waals surface area contributed by atoms with Crippen molar-refractivity contribution in [2.75, 3.05) is 27.2 Å². The lowest BCUT2D eigenvalue weighted by Gasteiger charge is -2.33. The summed E-state index contributed by atoms with van der Waals surface area (Å²) in [7, 11) is 3.90. The van der Waals surface area contributed by atoms with Crippen molar-refractivity contribution in [1.82, 2.24) is 15.5 Å². The van der Waals surface area contributed by atoms with Crippen molar-refractivity contribution in [2.45, 2.75) is 58.7 Å². The number of amides is 2. The first kappa shape index (κ1) is 25.0. The molecule has 7 heteroatoms. The molecule has 2 N–H and O–H groups in total. The zero-order chi connectivity index (χ0) is 23.2. The number of hydrogen-bond acceptors (Lipinski definition) is 5. The molecule has 1 aliphatic heterocycles. The maximum atomic E-state index is 13.3. The number of Topliss-reactive ketones (excluding diaryl/α,β-unsaturated/α-hetero) is 1. The molecular formula is C24H37N3O4. The summed E-state index contributed by atoms with van der Waals surface area (Å²) in [4.78, 5) is 40.4. The van der Waals surface area contributed by atoms with Gasteiger partial charge in [0.1, 0.15) is 18.7 Å². The fraction of sp³-hybridized carbons (Fsp3) is 0.625. The smallest absolute Gasteiger partial charge is 0.251 e. The molecule has 1 heterocycles. The maximum Gasteiger partial charge on any atom is 0.251 e. The molecule has 0 spiro atoms. The van der Waals surface area contributed by atoms with Gasteiger partial charge in [-0.05, 0) is 50.4 Å². The van der Waals surface area contributed by atoms with E-state index < -0.39 is 12.1 Å². The summed E-state index contributed by atoms with van der Waals surface area (Å²) in [5.74, 6) is -0.482. The Morgan fingerprint density at radius 3 is 2.42 bits per heavy atom. The number of nitrogens with zero attached hydrogens (tertiary/aromatic N) is 1. The van der Waals surface area contributed by atoms with E-state index in [0.29, 0.717) is 24.3 Å². The van der Waals surface area contributed by atoms with Gasteiger partial charge >= 0.3 is 0 Å². The molecule has 1 aromatic rings. The van der Waals surface area contributed by atoms with Crippen molar-refractivity contribution in [3.63, 3.8) is 0 Å². The Morgan fingerprint density at radius 1 is 1.19 bits per heavy atom. The molecule has 0 aromatic heterocycles. The van der Waals surface area contributed by atoms with Crippen molar-refractivity contribution in [2.24, 2.45) is 11.3 Å². The fourth-order valence-corrected chi connectivity index (χ4v) is 3.45. The number of ether oxygens (including phenoxy) is 1. The minimum Gasteiger partial charge on any atom is -0.368 e. The van der Waals surface area contributed by atoms with Crippen LogP contribution in [0.15, 0.2) is 30.3 Å². The molecule has 0 radical (unpaired) electrons. The Labute approximate surface area is 185 Å². The van der Waals surface area contributed by atoms with E-state index >= 15 is 0 Å². The summed E-state index contributed by atoms with van der Waals surface area (Å²) in [6.45, 7) is 9.10. The van der Waals surface area contributed by atoms with Crippen LogP contribution in [-0.4, -0.2) is 67.9 Å². The van der Waals surface area contributed by atoms with Crippen molar-refractivity contribution in [1.29, 1.82) is 0 Å². The summed E-state index contributed by atoms with van der Waals surface area (Å²) >= 11 is 0. The molecule has 1 aliphatic rings. The number of nitrogens with one attached hydrogen (secondary N) is 2. The second-order valence-corrected chi connectivity index (χ2v) is 9.63. The van der Waals surface area contributed by atoms with E-state index in [0.717, 1.165) is 6.54 Å². The molecule has 0 aliphatic carbocycles. The predicted octanol–water partition coefficient (Wildman–Crippen LogP) is 2.26. The highest BCUT2D eigenvalue weighted by molar-refractivity contribution is 5.99. The van der Waals surface area contributed by atoms with Gasteiger partial charge in [-0.3, -0.25) is 14.4 Å². The molecule has 3 unspecified atom stereocenters. The molecule has 7 nitrogen and oxygen atoms in total. The van der Waals surface area contributed by atoms with Gasteiger partial charge in [-0.25, -0.2) is 0 Å². The van der Waals surface area contributed by atoms with Crippen LogP contribution in [-0.2, 0) is 14.3 Å². The van der Waals surface area contributed by atoms with Crippen LogP contribution in [0.3, 0.4) is 0 Å². The third-order valence-corrected chi connectivity index (χ3v) is 6.27. The van der Waals surface area contributed by atoms with E-state index in [4.69, 9.17) is 4.74 Å². The molecule has 172 valence electrons. The number of carbonyl (C=O) groups excluding carboxylic acids is 3. The van der Waals surface area contributed by atoms with E-state index in [2.05, 4.69) is 38.3 Å². The van der Waals surface area contributed by atoms with E-state index in [1.165, 1.54) is 0 Å². The monoisotopic (exact) mass is 431 g/mol. The largest absolute Gasteiger partial charge is 0.368 e. The Balaban J connectivity index is 2.16.